The number of carboxylic acid groups (broad SMARTS) is 1. The third-order valence-electron chi connectivity index (χ3n) is 2.96. The maximum atomic E-state index is 11.4. The summed E-state index contributed by atoms with van der Waals surface area (Å²) in [7, 11) is 0. The van der Waals surface area contributed by atoms with Crippen molar-refractivity contribution in [2.75, 3.05) is 0 Å². The van der Waals surface area contributed by atoms with E-state index in [2.05, 4.69) is 20.9 Å². The van der Waals surface area contributed by atoms with Crippen LogP contribution in [0.2, 0.25) is 0 Å². The van der Waals surface area contributed by atoms with Crippen LogP contribution >= 0.6 is 15.9 Å². The molecule has 0 aliphatic rings. The second-order valence-electron chi connectivity index (χ2n) is 4.39. The van der Waals surface area contributed by atoms with Crippen LogP contribution in [0.4, 0.5) is 0 Å². The molecule has 3 rings (SSSR count). The Hall–Kier alpha value is -2.40. The van der Waals surface area contributed by atoms with E-state index in [-0.39, 0.29) is 11.4 Å². The lowest BCUT2D eigenvalue weighted by Crippen LogP contribution is -2.00. The maximum Gasteiger partial charge on any atom is 0.336 e. The van der Waals surface area contributed by atoms with E-state index in [0.29, 0.717) is 16.7 Å². The molecule has 1 aromatic heterocycles. The molecule has 0 atom stereocenters. The van der Waals surface area contributed by atoms with E-state index >= 15 is 0 Å². The number of rotatable bonds is 3. The van der Waals surface area contributed by atoms with Crippen LogP contribution in [0.25, 0.3) is 10.9 Å². The molecule has 0 unspecified atom stereocenters. The smallest absolute Gasteiger partial charge is 0.336 e. The zero-order valence-corrected chi connectivity index (χ0v) is 12.4. The van der Waals surface area contributed by atoms with Crippen LogP contribution < -0.4 is 4.74 Å². The topological polar surface area (TPSA) is 59.4 Å². The summed E-state index contributed by atoms with van der Waals surface area (Å²) in [5.41, 5.74) is 0.761. The van der Waals surface area contributed by atoms with Gasteiger partial charge in [-0.15, -0.1) is 0 Å². The summed E-state index contributed by atoms with van der Waals surface area (Å²) in [6, 6.07) is 15.8. The van der Waals surface area contributed by atoms with Crippen LogP contribution in [0, 0.1) is 0 Å². The molecule has 0 aliphatic carbocycles. The van der Waals surface area contributed by atoms with Gasteiger partial charge in [0.1, 0.15) is 5.75 Å². The van der Waals surface area contributed by atoms with Gasteiger partial charge in [-0.05, 0) is 30.3 Å². The van der Waals surface area contributed by atoms with Gasteiger partial charge in [0.15, 0.2) is 0 Å². The van der Waals surface area contributed by atoms with Crippen LogP contribution in [0.5, 0.6) is 11.6 Å². The molecule has 0 aliphatic heterocycles. The highest BCUT2D eigenvalue weighted by Gasteiger charge is 2.12. The highest BCUT2D eigenvalue weighted by Crippen LogP contribution is 2.26. The number of aromatic carboxylic acids is 1. The molecule has 21 heavy (non-hydrogen) atoms. The van der Waals surface area contributed by atoms with Gasteiger partial charge < -0.3 is 9.84 Å². The van der Waals surface area contributed by atoms with Gasteiger partial charge >= 0.3 is 5.97 Å². The van der Waals surface area contributed by atoms with E-state index in [0.717, 1.165) is 4.47 Å². The van der Waals surface area contributed by atoms with Gasteiger partial charge in [-0.1, -0.05) is 34.1 Å². The largest absolute Gasteiger partial charge is 0.478 e. The van der Waals surface area contributed by atoms with Crippen molar-refractivity contribution in [2.45, 2.75) is 0 Å². The van der Waals surface area contributed by atoms with Crippen LogP contribution in [0.1, 0.15) is 10.4 Å². The Morgan fingerprint density at radius 2 is 1.81 bits per heavy atom. The summed E-state index contributed by atoms with van der Waals surface area (Å²) < 4.78 is 6.57. The molecule has 0 bridgehead atoms. The van der Waals surface area contributed by atoms with Crippen LogP contribution in [-0.4, -0.2) is 16.1 Å². The van der Waals surface area contributed by atoms with Gasteiger partial charge in [-0.2, -0.15) is 0 Å². The number of hydrogen-bond donors (Lipinski definition) is 1. The van der Waals surface area contributed by atoms with Crippen molar-refractivity contribution >= 4 is 32.8 Å². The summed E-state index contributed by atoms with van der Waals surface area (Å²) >= 11 is 3.35. The fourth-order valence-electron chi connectivity index (χ4n) is 2.00. The van der Waals surface area contributed by atoms with E-state index in [1.807, 2.05) is 18.2 Å². The molecule has 0 saturated heterocycles. The Labute approximate surface area is 129 Å². The molecule has 104 valence electrons. The van der Waals surface area contributed by atoms with E-state index in [1.54, 1.807) is 30.3 Å². The molecule has 0 fully saturated rings. The summed E-state index contributed by atoms with van der Waals surface area (Å²) in [5, 5.41) is 9.91. The molecule has 3 aromatic rings. The Kier molecular flexibility index (Phi) is 3.58. The molecular weight excluding hydrogens is 334 g/mol. The zero-order valence-electron chi connectivity index (χ0n) is 10.8. The SMILES string of the molecule is O=C(O)c1cc(Oc2ccc(Br)cc2)nc2ccccc12. The predicted molar refractivity (Wildman–Crippen MR) is 82.9 cm³/mol. The van der Waals surface area contributed by atoms with Crippen molar-refractivity contribution in [2.24, 2.45) is 0 Å². The minimum Gasteiger partial charge on any atom is -0.478 e. The fourth-order valence-corrected chi connectivity index (χ4v) is 2.27. The molecule has 1 heterocycles. The number of fused-ring (bicyclic) bond motifs is 1. The minimum absolute atomic E-state index is 0.174. The number of carboxylic acids is 1. The van der Waals surface area contributed by atoms with Crippen molar-refractivity contribution in [1.29, 1.82) is 0 Å². The zero-order chi connectivity index (χ0) is 14.8. The van der Waals surface area contributed by atoms with Crippen molar-refractivity contribution in [3.63, 3.8) is 0 Å². The van der Waals surface area contributed by atoms with Gasteiger partial charge in [-0.3, -0.25) is 0 Å². The molecule has 4 nitrogen and oxygen atoms in total. The van der Waals surface area contributed by atoms with Crippen molar-refractivity contribution < 1.29 is 14.6 Å². The lowest BCUT2D eigenvalue weighted by atomic mass is 10.1. The molecule has 0 amide bonds. The molecule has 2 aromatic carbocycles. The van der Waals surface area contributed by atoms with E-state index < -0.39 is 5.97 Å². The number of para-hydroxylation sites is 1. The average Bonchev–Trinajstić information content (AvgIpc) is 2.48. The van der Waals surface area contributed by atoms with Crippen LogP contribution in [0.15, 0.2) is 59.1 Å². The first-order chi connectivity index (χ1) is 10.1. The predicted octanol–water partition coefficient (Wildman–Crippen LogP) is 4.49. The second-order valence-corrected chi connectivity index (χ2v) is 5.30. The van der Waals surface area contributed by atoms with Crippen molar-refractivity contribution in [3.05, 3.63) is 64.6 Å². The van der Waals surface area contributed by atoms with E-state index in [1.165, 1.54) is 6.07 Å². The monoisotopic (exact) mass is 343 g/mol. The molecule has 1 N–H and O–H groups in total. The third kappa shape index (κ3) is 2.87. The molecule has 5 heteroatoms. The van der Waals surface area contributed by atoms with Crippen LogP contribution in [-0.2, 0) is 0 Å². The Morgan fingerprint density at radius 3 is 2.52 bits per heavy atom. The lowest BCUT2D eigenvalue weighted by Gasteiger charge is -2.08. The van der Waals surface area contributed by atoms with Gasteiger partial charge in [0.2, 0.25) is 5.88 Å². The first-order valence-corrected chi connectivity index (χ1v) is 6.99. The van der Waals surface area contributed by atoms with Gasteiger partial charge in [0.05, 0.1) is 11.1 Å². The van der Waals surface area contributed by atoms with Gasteiger partial charge in [-0.25, -0.2) is 9.78 Å². The van der Waals surface area contributed by atoms with E-state index in [9.17, 15) is 9.90 Å². The maximum absolute atomic E-state index is 11.4. The normalized spacial score (nSPS) is 10.5. The first kappa shape index (κ1) is 13.6. The average molecular weight is 344 g/mol. The number of halogens is 1. The third-order valence-corrected chi connectivity index (χ3v) is 3.49. The number of benzene rings is 2. The quantitative estimate of drug-likeness (QED) is 0.761. The summed E-state index contributed by atoms with van der Waals surface area (Å²) in [6.45, 7) is 0. The number of carbonyl (C=O) groups is 1. The summed E-state index contributed by atoms with van der Waals surface area (Å²) in [6.07, 6.45) is 0. The van der Waals surface area contributed by atoms with Crippen LogP contribution in [0.3, 0.4) is 0 Å². The fraction of sp³-hybridized carbons (Fsp3) is 0. The van der Waals surface area contributed by atoms with Gasteiger partial charge in [0, 0.05) is 15.9 Å². The second kappa shape index (κ2) is 5.54. The van der Waals surface area contributed by atoms with Crippen molar-refractivity contribution in [3.8, 4) is 11.6 Å². The summed E-state index contributed by atoms with van der Waals surface area (Å²) in [4.78, 5) is 15.7. The minimum atomic E-state index is -1.01. The highest BCUT2D eigenvalue weighted by molar-refractivity contribution is 9.10. The lowest BCUT2D eigenvalue weighted by molar-refractivity contribution is 0.0698. The number of aromatic nitrogens is 1. The molecular formula is C16H10BrNO3. The number of nitrogens with zero attached hydrogens (tertiary/aromatic N) is 1. The molecule has 0 saturated carbocycles. The molecule has 0 radical (unpaired) electrons. The summed E-state index contributed by atoms with van der Waals surface area (Å²) in [5.74, 6) is -0.153. The molecule has 0 spiro atoms. The van der Waals surface area contributed by atoms with Gasteiger partial charge in [0.25, 0.3) is 0 Å². The van der Waals surface area contributed by atoms with E-state index in [4.69, 9.17) is 4.74 Å². The number of hydrogen-bond acceptors (Lipinski definition) is 3. The number of ether oxygens (including phenoxy) is 1. The Bertz CT molecular complexity index is 815. The van der Waals surface area contributed by atoms with Crippen molar-refractivity contribution in [1.82, 2.24) is 4.98 Å². The number of pyridine rings is 1. The standard InChI is InChI=1S/C16H10BrNO3/c17-10-5-7-11(8-6-10)21-15-9-13(16(19)20)12-3-1-2-4-14(12)18-15/h1-9H,(H,19,20). The Morgan fingerprint density at radius 1 is 1.10 bits per heavy atom. The Balaban J connectivity index is 2.06. The highest BCUT2D eigenvalue weighted by atomic mass is 79.9. The first-order valence-electron chi connectivity index (χ1n) is 6.20.